The van der Waals surface area contributed by atoms with Crippen LogP contribution in [0, 0.1) is 5.92 Å². The van der Waals surface area contributed by atoms with E-state index in [4.69, 9.17) is 0 Å². The normalized spacial score (nSPS) is 39.7. The fourth-order valence-corrected chi connectivity index (χ4v) is 5.42. The first-order valence-electron chi connectivity index (χ1n) is 8.89. The summed E-state index contributed by atoms with van der Waals surface area (Å²) in [7, 11) is 0. The Morgan fingerprint density at radius 1 is 1.17 bits per heavy atom. The first-order valence-corrected chi connectivity index (χ1v) is 8.89. The number of benzene rings is 1. The average molecular weight is 333 g/mol. The van der Waals surface area contributed by atoms with E-state index >= 15 is 0 Å². The van der Waals surface area contributed by atoms with E-state index in [2.05, 4.69) is 34.9 Å². The zero-order valence-corrected chi connectivity index (χ0v) is 14.2. The summed E-state index contributed by atoms with van der Waals surface area (Å²) in [5.74, 6) is 0.548. The Hall–Kier alpha value is -1.06. The van der Waals surface area contributed by atoms with E-state index in [0.29, 0.717) is 24.0 Å². The van der Waals surface area contributed by atoms with Crippen molar-refractivity contribution in [2.45, 2.75) is 68.5 Å². The third-order valence-electron chi connectivity index (χ3n) is 6.61. The van der Waals surface area contributed by atoms with Gasteiger partial charge in [0, 0.05) is 29.5 Å². The Morgan fingerprint density at radius 2 is 1.91 bits per heavy atom. The van der Waals surface area contributed by atoms with Crippen LogP contribution in [-0.2, 0) is 16.6 Å². The van der Waals surface area contributed by atoms with Crippen LogP contribution in [0.5, 0.6) is 0 Å². The maximum atomic E-state index is 12.7. The number of piperidine rings is 1. The fraction of sp³-hybridized carbons (Fsp3) is 0.632. The number of hydrogen-bond acceptors (Lipinski definition) is 2. The summed E-state index contributed by atoms with van der Waals surface area (Å²) < 4.78 is 0. The molecular formula is C19H25ClN2O. The lowest BCUT2D eigenvalue weighted by Gasteiger charge is -2.30. The zero-order chi connectivity index (χ0) is 14.7. The first kappa shape index (κ1) is 15.5. The smallest absolute Gasteiger partial charge is 0.224 e. The number of fused-ring (bicyclic) bond motifs is 4. The maximum absolute atomic E-state index is 12.7. The summed E-state index contributed by atoms with van der Waals surface area (Å²) in [5.41, 5.74) is 3.12. The number of nitrogens with one attached hydrogen (secondary N) is 2. The van der Waals surface area contributed by atoms with Crippen molar-refractivity contribution in [1.82, 2.24) is 10.6 Å². The van der Waals surface area contributed by atoms with Crippen LogP contribution in [0.4, 0.5) is 0 Å². The van der Waals surface area contributed by atoms with Crippen molar-refractivity contribution in [1.29, 1.82) is 0 Å². The van der Waals surface area contributed by atoms with Crippen LogP contribution in [0.1, 0.15) is 49.7 Å². The Labute approximate surface area is 144 Å². The molecule has 1 saturated carbocycles. The van der Waals surface area contributed by atoms with Gasteiger partial charge in [-0.2, -0.15) is 0 Å². The molecule has 2 aliphatic heterocycles. The molecule has 1 amide bonds. The van der Waals surface area contributed by atoms with Gasteiger partial charge in [-0.25, -0.2) is 0 Å². The van der Waals surface area contributed by atoms with Gasteiger partial charge in [-0.15, -0.1) is 12.4 Å². The first-order chi connectivity index (χ1) is 10.7. The van der Waals surface area contributed by atoms with Crippen LogP contribution in [-0.4, -0.2) is 24.0 Å². The van der Waals surface area contributed by atoms with Gasteiger partial charge in [0.25, 0.3) is 0 Å². The van der Waals surface area contributed by atoms with Crippen molar-refractivity contribution in [2.75, 3.05) is 0 Å². The summed E-state index contributed by atoms with van der Waals surface area (Å²) in [5, 5.41) is 7.03. The highest BCUT2D eigenvalue weighted by Gasteiger charge is 2.61. The Bertz CT molecular complexity index is 622. The summed E-state index contributed by atoms with van der Waals surface area (Å²) >= 11 is 0. The lowest BCUT2D eigenvalue weighted by molar-refractivity contribution is -0.123. The second-order valence-corrected chi connectivity index (χ2v) is 7.88. The van der Waals surface area contributed by atoms with Gasteiger partial charge in [0.1, 0.15) is 0 Å². The van der Waals surface area contributed by atoms with Crippen molar-refractivity contribution in [3.63, 3.8) is 0 Å². The molecule has 1 spiro atoms. The van der Waals surface area contributed by atoms with Crippen molar-refractivity contribution in [3.05, 3.63) is 35.4 Å². The minimum Gasteiger partial charge on any atom is -0.353 e. The molecule has 4 unspecified atom stereocenters. The van der Waals surface area contributed by atoms with Crippen molar-refractivity contribution >= 4 is 18.3 Å². The predicted molar refractivity (Wildman–Crippen MR) is 92.9 cm³/mol. The van der Waals surface area contributed by atoms with Crippen molar-refractivity contribution < 1.29 is 4.79 Å². The molecule has 3 nitrogen and oxygen atoms in total. The molecule has 1 aromatic rings. The molecule has 0 aromatic heterocycles. The minimum atomic E-state index is 0. The number of halogens is 1. The molecule has 4 heteroatoms. The third-order valence-corrected chi connectivity index (χ3v) is 6.61. The zero-order valence-electron chi connectivity index (χ0n) is 13.4. The van der Waals surface area contributed by atoms with Gasteiger partial charge in [-0.3, -0.25) is 4.79 Å². The van der Waals surface area contributed by atoms with E-state index in [9.17, 15) is 4.79 Å². The summed E-state index contributed by atoms with van der Waals surface area (Å²) in [4.78, 5) is 12.7. The largest absolute Gasteiger partial charge is 0.353 e. The molecule has 2 heterocycles. The number of carbonyl (C=O) groups is 1. The molecule has 4 aliphatic rings. The number of carbonyl (C=O) groups excluding carboxylic acids is 1. The maximum Gasteiger partial charge on any atom is 0.224 e. The second-order valence-electron chi connectivity index (χ2n) is 7.88. The molecule has 124 valence electrons. The van der Waals surface area contributed by atoms with Crippen molar-refractivity contribution in [2.24, 2.45) is 5.92 Å². The highest BCUT2D eigenvalue weighted by molar-refractivity contribution is 5.85. The summed E-state index contributed by atoms with van der Waals surface area (Å²) in [6.45, 7) is 0. The molecule has 2 bridgehead atoms. The Kier molecular flexibility index (Phi) is 3.69. The molecule has 23 heavy (non-hydrogen) atoms. The molecule has 3 fully saturated rings. The summed E-state index contributed by atoms with van der Waals surface area (Å²) in [6, 6.07) is 10.4. The minimum absolute atomic E-state index is 0. The summed E-state index contributed by atoms with van der Waals surface area (Å²) in [6.07, 6.45) is 8.21. The van der Waals surface area contributed by atoms with Gasteiger partial charge in [-0.05, 0) is 56.1 Å². The van der Waals surface area contributed by atoms with E-state index in [-0.39, 0.29) is 23.7 Å². The van der Waals surface area contributed by atoms with E-state index in [1.54, 1.807) is 0 Å². The molecule has 2 N–H and O–H groups in total. The second kappa shape index (κ2) is 5.49. The van der Waals surface area contributed by atoms with Crippen LogP contribution < -0.4 is 10.6 Å². The van der Waals surface area contributed by atoms with Gasteiger partial charge in [0.15, 0.2) is 0 Å². The monoisotopic (exact) mass is 332 g/mol. The molecule has 4 atom stereocenters. The molecule has 2 saturated heterocycles. The fourth-order valence-electron chi connectivity index (χ4n) is 5.42. The lowest BCUT2D eigenvalue weighted by Crippen LogP contribution is -2.48. The molecule has 5 rings (SSSR count). The molecule has 0 radical (unpaired) electrons. The van der Waals surface area contributed by atoms with Crippen LogP contribution in [0.15, 0.2) is 24.3 Å². The number of amides is 1. The van der Waals surface area contributed by atoms with Gasteiger partial charge in [0.2, 0.25) is 5.91 Å². The van der Waals surface area contributed by atoms with Crippen LogP contribution >= 0.6 is 12.4 Å². The predicted octanol–water partition coefficient (Wildman–Crippen LogP) is 2.71. The number of aryl methyl sites for hydroxylation is 1. The van der Waals surface area contributed by atoms with Crippen LogP contribution in [0.3, 0.4) is 0 Å². The van der Waals surface area contributed by atoms with E-state index in [0.717, 1.165) is 25.7 Å². The standard InChI is InChI=1S/C19H24N2O.ClH/c22-18(21-15-9-13-5-6-14(10-15)20-13)17-11-19(17)8-7-12-3-1-2-4-16(12)19;/h1-4,13-15,17,20H,5-11H2,(H,21,22);1H. The van der Waals surface area contributed by atoms with Crippen LogP contribution in [0.25, 0.3) is 0 Å². The van der Waals surface area contributed by atoms with Crippen LogP contribution in [0.2, 0.25) is 0 Å². The third kappa shape index (κ3) is 2.40. The lowest BCUT2D eigenvalue weighted by atomic mass is 9.94. The highest BCUT2D eigenvalue weighted by atomic mass is 35.5. The molecule has 1 aromatic carbocycles. The van der Waals surface area contributed by atoms with E-state index in [1.807, 2.05) is 0 Å². The average Bonchev–Trinajstić information content (AvgIpc) is 3.01. The topological polar surface area (TPSA) is 41.1 Å². The number of hydrogen-bond donors (Lipinski definition) is 2. The van der Waals surface area contributed by atoms with Gasteiger partial charge >= 0.3 is 0 Å². The van der Waals surface area contributed by atoms with Crippen molar-refractivity contribution in [3.8, 4) is 0 Å². The van der Waals surface area contributed by atoms with Gasteiger partial charge < -0.3 is 10.6 Å². The Morgan fingerprint density at radius 3 is 2.70 bits per heavy atom. The van der Waals surface area contributed by atoms with E-state index in [1.165, 1.54) is 30.4 Å². The SMILES string of the molecule is Cl.O=C(NC1CC2CCC(C1)N2)C1CC12CCc1ccccc12. The van der Waals surface area contributed by atoms with E-state index < -0.39 is 0 Å². The quantitative estimate of drug-likeness (QED) is 0.874. The Balaban J connectivity index is 0.00000135. The van der Waals surface area contributed by atoms with Gasteiger partial charge in [0.05, 0.1) is 0 Å². The number of rotatable bonds is 2. The molecular weight excluding hydrogens is 308 g/mol. The van der Waals surface area contributed by atoms with Gasteiger partial charge in [-0.1, -0.05) is 24.3 Å². The highest BCUT2D eigenvalue weighted by Crippen LogP contribution is 2.61. The molecule has 2 aliphatic carbocycles.